The summed E-state index contributed by atoms with van der Waals surface area (Å²) in [5.41, 5.74) is 0.956. The Morgan fingerprint density at radius 3 is 2.42 bits per heavy atom. The van der Waals surface area contributed by atoms with Gasteiger partial charge in [0.1, 0.15) is 0 Å². The van der Waals surface area contributed by atoms with Gasteiger partial charge in [-0.2, -0.15) is 0 Å². The third-order valence-electron chi connectivity index (χ3n) is 2.42. The van der Waals surface area contributed by atoms with Crippen LogP contribution in [0.1, 0.15) is 5.56 Å². The summed E-state index contributed by atoms with van der Waals surface area (Å²) in [6.07, 6.45) is 0. The molecule has 0 spiro atoms. The van der Waals surface area contributed by atoms with Crippen LogP contribution in [0.4, 0.5) is 0 Å². The molecule has 0 unspecified atom stereocenters. The molecule has 6 heteroatoms. The minimum Gasteiger partial charge on any atom is -0.462 e. The summed E-state index contributed by atoms with van der Waals surface area (Å²) in [5.74, 6) is -2.18. The molecule has 0 fully saturated rings. The molecule has 1 rings (SSSR count). The fraction of sp³-hybridized carbons (Fsp3) is 0.308. The van der Waals surface area contributed by atoms with Crippen molar-refractivity contribution in [3.8, 4) is 0 Å². The van der Waals surface area contributed by atoms with Crippen molar-refractivity contribution in [3.63, 3.8) is 0 Å². The number of methoxy groups -OCH3 is 1. The molecule has 0 heterocycles. The first-order valence-electron chi connectivity index (χ1n) is 5.68. The van der Waals surface area contributed by atoms with Crippen molar-refractivity contribution in [2.45, 2.75) is 6.54 Å². The normalized spacial score (nSPS) is 9.58. The Kier molecular flexibility index (Phi) is 5.53. The van der Waals surface area contributed by atoms with Crippen molar-refractivity contribution in [2.24, 2.45) is 0 Å². The Morgan fingerprint density at radius 1 is 1.21 bits per heavy atom. The van der Waals surface area contributed by atoms with Crippen LogP contribution in [0, 0.1) is 0 Å². The highest BCUT2D eigenvalue weighted by Crippen LogP contribution is 1.97. The minimum atomic E-state index is -0.988. The Balaban J connectivity index is 2.39. The van der Waals surface area contributed by atoms with Crippen molar-refractivity contribution in [1.82, 2.24) is 10.2 Å². The Bertz CT molecular complexity index is 459. The van der Waals surface area contributed by atoms with Gasteiger partial charge in [-0.05, 0) is 5.56 Å². The molecule has 0 bridgehead atoms. The summed E-state index contributed by atoms with van der Waals surface area (Å²) in [4.78, 5) is 34.9. The molecule has 1 aromatic carbocycles. The number of carbonyl (C=O) groups is 3. The molecule has 0 aliphatic carbocycles. The van der Waals surface area contributed by atoms with Crippen LogP contribution in [0.15, 0.2) is 30.3 Å². The molecule has 0 saturated heterocycles. The maximum Gasteiger partial charge on any atom is 0.396 e. The number of hydrogen-bond acceptors (Lipinski definition) is 4. The number of nitrogens with one attached hydrogen (secondary N) is 1. The number of ether oxygens (including phenoxy) is 1. The van der Waals surface area contributed by atoms with E-state index in [4.69, 9.17) is 0 Å². The van der Waals surface area contributed by atoms with Gasteiger partial charge in [0.15, 0.2) is 0 Å². The molecule has 2 amide bonds. The number of esters is 1. The van der Waals surface area contributed by atoms with Crippen LogP contribution in [0.25, 0.3) is 0 Å². The predicted octanol–water partition coefficient (Wildman–Crippen LogP) is -0.0658. The Labute approximate surface area is 111 Å². The van der Waals surface area contributed by atoms with E-state index in [0.29, 0.717) is 6.54 Å². The zero-order valence-electron chi connectivity index (χ0n) is 10.9. The fourth-order valence-electron chi connectivity index (χ4n) is 1.38. The third-order valence-corrected chi connectivity index (χ3v) is 2.42. The van der Waals surface area contributed by atoms with E-state index in [2.05, 4.69) is 10.1 Å². The highest BCUT2D eigenvalue weighted by atomic mass is 16.5. The molecular formula is C13H16N2O4. The first kappa shape index (κ1) is 14.7. The summed E-state index contributed by atoms with van der Waals surface area (Å²) in [6, 6.07) is 9.38. The lowest BCUT2D eigenvalue weighted by molar-refractivity contribution is -0.157. The summed E-state index contributed by atoms with van der Waals surface area (Å²) in [5, 5.41) is 2.66. The smallest absolute Gasteiger partial charge is 0.396 e. The summed E-state index contributed by atoms with van der Waals surface area (Å²) >= 11 is 0. The molecule has 0 radical (unpaired) electrons. The number of nitrogens with zero attached hydrogens (tertiary/aromatic N) is 1. The molecule has 6 nitrogen and oxygen atoms in total. The van der Waals surface area contributed by atoms with Gasteiger partial charge in [-0.25, -0.2) is 4.79 Å². The van der Waals surface area contributed by atoms with Crippen LogP contribution in [0.3, 0.4) is 0 Å². The van der Waals surface area contributed by atoms with Crippen molar-refractivity contribution in [3.05, 3.63) is 35.9 Å². The van der Waals surface area contributed by atoms with Gasteiger partial charge in [-0.15, -0.1) is 0 Å². The molecule has 0 aliphatic rings. The van der Waals surface area contributed by atoms with E-state index < -0.39 is 11.9 Å². The van der Waals surface area contributed by atoms with Crippen molar-refractivity contribution >= 4 is 17.8 Å². The molecule has 102 valence electrons. The summed E-state index contributed by atoms with van der Waals surface area (Å²) in [6.45, 7) is 0.181. The SMILES string of the molecule is COC(=O)C(=O)N(C)CC(=O)NCc1ccccc1. The van der Waals surface area contributed by atoms with Crippen molar-refractivity contribution in [1.29, 1.82) is 0 Å². The molecule has 0 aliphatic heterocycles. The average molecular weight is 264 g/mol. The summed E-state index contributed by atoms with van der Waals surface area (Å²) < 4.78 is 4.28. The van der Waals surface area contributed by atoms with Crippen molar-refractivity contribution < 1.29 is 19.1 Å². The van der Waals surface area contributed by atoms with Gasteiger partial charge in [0.25, 0.3) is 0 Å². The van der Waals surface area contributed by atoms with E-state index in [-0.39, 0.29) is 12.5 Å². The van der Waals surface area contributed by atoms with E-state index in [1.165, 1.54) is 7.05 Å². The molecule has 0 atom stereocenters. The molecular weight excluding hydrogens is 248 g/mol. The van der Waals surface area contributed by atoms with Crippen LogP contribution in [0.2, 0.25) is 0 Å². The second kappa shape index (κ2) is 7.15. The lowest BCUT2D eigenvalue weighted by atomic mass is 10.2. The molecule has 0 saturated carbocycles. The van der Waals surface area contributed by atoms with Crippen LogP contribution >= 0.6 is 0 Å². The predicted molar refractivity (Wildman–Crippen MR) is 67.9 cm³/mol. The zero-order chi connectivity index (χ0) is 14.3. The van der Waals surface area contributed by atoms with E-state index >= 15 is 0 Å². The largest absolute Gasteiger partial charge is 0.462 e. The molecule has 1 aromatic rings. The van der Waals surface area contributed by atoms with Crippen LogP contribution in [-0.4, -0.2) is 43.4 Å². The average Bonchev–Trinajstić information content (AvgIpc) is 2.44. The quantitative estimate of drug-likeness (QED) is 0.610. The van der Waals surface area contributed by atoms with Gasteiger partial charge in [-0.1, -0.05) is 30.3 Å². The topological polar surface area (TPSA) is 75.7 Å². The number of benzene rings is 1. The standard InChI is InChI=1S/C13H16N2O4/c1-15(12(17)13(18)19-2)9-11(16)14-8-10-6-4-3-5-7-10/h3-7H,8-9H2,1-2H3,(H,14,16). The van der Waals surface area contributed by atoms with Crippen LogP contribution in [0.5, 0.6) is 0 Å². The van der Waals surface area contributed by atoms with E-state index in [9.17, 15) is 14.4 Å². The zero-order valence-corrected chi connectivity index (χ0v) is 10.9. The second-order valence-electron chi connectivity index (χ2n) is 3.92. The monoisotopic (exact) mass is 264 g/mol. The van der Waals surface area contributed by atoms with Crippen LogP contribution < -0.4 is 5.32 Å². The maximum atomic E-state index is 11.6. The van der Waals surface area contributed by atoms with Gasteiger partial charge in [0.05, 0.1) is 13.7 Å². The highest BCUT2D eigenvalue weighted by molar-refractivity contribution is 6.32. The lowest BCUT2D eigenvalue weighted by Gasteiger charge is -2.15. The molecule has 0 aromatic heterocycles. The molecule has 19 heavy (non-hydrogen) atoms. The van der Waals surface area contributed by atoms with Gasteiger partial charge >= 0.3 is 11.9 Å². The Morgan fingerprint density at radius 2 is 1.84 bits per heavy atom. The van der Waals surface area contributed by atoms with Gasteiger partial charge in [0.2, 0.25) is 5.91 Å². The lowest BCUT2D eigenvalue weighted by Crippen LogP contribution is -2.41. The highest BCUT2D eigenvalue weighted by Gasteiger charge is 2.20. The van der Waals surface area contributed by atoms with Gasteiger partial charge < -0.3 is 15.0 Å². The second-order valence-corrected chi connectivity index (χ2v) is 3.92. The number of amides is 2. The van der Waals surface area contributed by atoms with Gasteiger partial charge in [-0.3, -0.25) is 9.59 Å². The third kappa shape index (κ3) is 4.79. The maximum absolute atomic E-state index is 11.6. The first-order valence-corrected chi connectivity index (χ1v) is 5.68. The summed E-state index contributed by atoms with van der Waals surface area (Å²) in [7, 11) is 2.48. The van der Waals surface area contributed by atoms with Crippen molar-refractivity contribution in [2.75, 3.05) is 20.7 Å². The van der Waals surface area contributed by atoms with Gasteiger partial charge in [0, 0.05) is 13.6 Å². The van der Waals surface area contributed by atoms with E-state index in [1.54, 1.807) is 0 Å². The molecule has 1 N–H and O–H groups in total. The van der Waals surface area contributed by atoms with E-state index in [0.717, 1.165) is 17.6 Å². The number of likely N-dealkylation sites (N-methyl/N-ethyl adjacent to an activating group) is 1. The number of rotatable bonds is 4. The minimum absolute atomic E-state index is 0.194. The van der Waals surface area contributed by atoms with Crippen LogP contribution in [-0.2, 0) is 25.7 Å². The number of hydrogen-bond donors (Lipinski definition) is 1. The first-order chi connectivity index (χ1) is 9.04. The number of carbonyl (C=O) groups excluding carboxylic acids is 3. The Hall–Kier alpha value is -2.37. The van der Waals surface area contributed by atoms with E-state index in [1.807, 2.05) is 30.3 Å². The fourth-order valence-corrected chi connectivity index (χ4v) is 1.38.